The Hall–Kier alpha value is 0.160. The van der Waals surface area contributed by atoms with Crippen molar-refractivity contribution in [3.05, 3.63) is 0 Å². The summed E-state index contributed by atoms with van der Waals surface area (Å²) in [5, 5.41) is 9.30. The van der Waals surface area contributed by atoms with Gasteiger partial charge in [-0.15, -0.1) is 11.6 Å². The van der Waals surface area contributed by atoms with Crippen LogP contribution < -0.4 is 4.72 Å². The lowest BCUT2D eigenvalue weighted by Crippen LogP contribution is -2.36. The van der Waals surface area contributed by atoms with Crippen LogP contribution >= 0.6 is 11.6 Å². The molecule has 0 aliphatic heterocycles. The summed E-state index contributed by atoms with van der Waals surface area (Å²) in [6.07, 6.45) is -0.648. The van der Waals surface area contributed by atoms with Crippen molar-refractivity contribution in [3.63, 3.8) is 0 Å². The lowest BCUT2D eigenvalue weighted by atomic mass is 10.1. The molecule has 0 spiro atoms. The third-order valence-corrected chi connectivity index (χ3v) is 3.39. The molecule has 0 saturated heterocycles. The molecular formula is C7H16ClNO3S. The fraction of sp³-hybridized carbons (Fsp3) is 1.00. The third-order valence-electron chi connectivity index (χ3n) is 1.63. The molecule has 1 atom stereocenters. The average Bonchev–Trinajstić information content (AvgIpc) is 2.00. The number of halogens is 1. The second kappa shape index (κ2) is 5.80. The van der Waals surface area contributed by atoms with E-state index in [-0.39, 0.29) is 24.1 Å². The standard InChI is InChI=1S/C7H16ClNO3S/c1-6(2)7(10)5-9-13(11,12)4-3-8/h6-7,9-10H,3-5H2,1-2H3. The zero-order valence-electron chi connectivity index (χ0n) is 7.83. The summed E-state index contributed by atoms with van der Waals surface area (Å²) in [5.41, 5.74) is 0. The lowest BCUT2D eigenvalue weighted by Gasteiger charge is -2.14. The minimum absolute atomic E-state index is 0.0405. The normalized spacial score (nSPS) is 14.8. The Kier molecular flexibility index (Phi) is 5.87. The number of hydrogen-bond acceptors (Lipinski definition) is 3. The van der Waals surface area contributed by atoms with Crippen molar-refractivity contribution < 1.29 is 13.5 Å². The molecule has 0 amide bonds. The molecule has 0 rings (SSSR count). The van der Waals surface area contributed by atoms with E-state index in [2.05, 4.69) is 4.72 Å². The third kappa shape index (κ3) is 6.26. The quantitative estimate of drug-likeness (QED) is 0.638. The Labute approximate surface area is 84.3 Å². The van der Waals surface area contributed by atoms with E-state index in [0.717, 1.165) is 0 Å². The summed E-state index contributed by atoms with van der Waals surface area (Å²) in [4.78, 5) is 0. The molecule has 0 aromatic rings. The van der Waals surface area contributed by atoms with Gasteiger partial charge >= 0.3 is 0 Å². The van der Waals surface area contributed by atoms with Gasteiger partial charge in [0.15, 0.2) is 0 Å². The Bertz CT molecular complexity index is 228. The lowest BCUT2D eigenvalue weighted by molar-refractivity contribution is 0.129. The Morgan fingerprint density at radius 3 is 2.38 bits per heavy atom. The van der Waals surface area contributed by atoms with Gasteiger partial charge in [0.05, 0.1) is 11.9 Å². The first-order valence-electron chi connectivity index (χ1n) is 4.10. The summed E-state index contributed by atoms with van der Waals surface area (Å²) >= 11 is 5.28. The Morgan fingerprint density at radius 2 is 2.00 bits per heavy atom. The van der Waals surface area contributed by atoms with Gasteiger partial charge in [0.2, 0.25) is 10.0 Å². The number of hydrogen-bond donors (Lipinski definition) is 2. The van der Waals surface area contributed by atoms with Gasteiger partial charge in [-0.25, -0.2) is 13.1 Å². The molecule has 6 heteroatoms. The van der Waals surface area contributed by atoms with E-state index in [9.17, 15) is 13.5 Å². The van der Waals surface area contributed by atoms with Crippen LogP contribution in [0.1, 0.15) is 13.8 Å². The first-order valence-corrected chi connectivity index (χ1v) is 6.29. The fourth-order valence-electron chi connectivity index (χ4n) is 0.622. The number of rotatable bonds is 6. The molecule has 0 aliphatic rings. The number of nitrogens with one attached hydrogen (secondary N) is 1. The first-order chi connectivity index (χ1) is 5.89. The van der Waals surface area contributed by atoms with Crippen LogP contribution in [0.25, 0.3) is 0 Å². The molecule has 1 unspecified atom stereocenters. The van der Waals surface area contributed by atoms with E-state index in [1.165, 1.54) is 0 Å². The van der Waals surface area contributed by atoms with Crippen LogP contribution in [0.3, 0.4) is 0 Å². The molecule has 13 heavy (non-hydrogen) atoms. The second-order valence-corrected chi connectivity index (χ2v) is 5.47. The maximum Gasteiger partial charge on any atom is 0.212 e. The molecule has 80 valence electrons. The highest BCUT2D eigenvalue weighted by Gasteiger charge is 2.14. The zero-order valence-corrected chi connectivity index (χ0v) is 9.40. The highest BCUT2D eigenvalue weighted by atomic mass is 35.5. The first kappa shape index (κ1) is 13.2. The van der Waals surface area contributed by atoms with Crippen molar-refractivity contribution in [1.82, 2.24) is 4.72 Å². The molecule has 0 saturated carbocycles. The topological polar surface area (TPSA) is 66.4 Å². The Morgan fingerprint density at radius 1 is 1.46 bits per heavy atom. The summed E-state index contributed by atoms with van der Waals surface area (Å²) < 4.78 is 24.4. The van der Waals surface area contributed by atoms with Crippen LogP contribution in [0.15, 0.2) is 0 Å². The van der Waals surface area contributed by atoms with E-state index in [1.807, 2.05) is 13.8 Å². The maximum atomic E-state index is 11.1. The van der Waals surface area contributed by atoms with Crippen LogP contribution in [0.5, 0.6) is 0 Å². The van der Waals surface area contributed by atoms with Gasteiger partial charge in [0.25, 0.3) is 0 Å². The smallest absolute Gasteiger partial charge is 0.212 e. The fourth-order valence-corrected chi connectivity index (χ4v) is 2.00. The summed E-state index contributed by atoms with van der Waals surface area (Å²) in [5.74, 6) is -0.00866. The molecule has 0 aliphatic carbocycles. The molecule has 0 heterocycles. The minimum Gasteiger partial charge on any atom is -0.391 e. The van der Waals surface area contributed by atoms with E-state index in [0.29, 0.717) is 0 Å². The molecule has 0 aromatic carbocycles. The molecule has 0 bridgehead atoms. The predicted molar refractivity (Wildman–Crippen MR) is 53.4 cm³/mol. The zero-order chi connectivity index (χ0) is 10.5. The number of alkyl halides is 1. The molecule has 2 N–H and O–H groups in total. The van der Waals surface area contributed by atoms with E-state index in [4.69, 9.17) is 11.6 Å². The number of aliphatic hydroxyl groups is 1. The van der Waals surface area contributed by atoms with Gasteiger partial charge < -0.3 is 5.11 Å². The average molecular weight is 230 g/mol. The largest absolute Gasteiger partial charge is 0.391 e. The van der Waals surface area contributed by atoms with Crippen molar-refractivity contribution in [2.24, 2.45) is 5.92 Å². The van der Waals surface area contributed by atoms with Gasteiger partial charge in [-0.05, 0) is 5.92 Å². The van der Waals surface area contributed by atoms with Crippen LogP contribution in [0.4, 0.5) is 0 Å². The second-order valence-electron chi connectivity index (χ2n) is 3.17. The molecule has 4 nitrogen and oxygen atoms in total. The minimum atomic E-state index is -3.30. The van der Waals surface area contributed by atoms with Gasteiger partial charge in [-0.2, -0.15) is 0 Å². The number of sulfonamides is 1. The van der Waals surface area contributed by atoms with Gasteiger partial charge in [-0.1, -0.05) is 13.8 Å². The van der Waals surface area contributed by atoms with Crippen LogP contribution in [0.2, 0.25) is 0 Å². The van der Waals surface area contributed by atoms with Crippen molar-refractivity contribution in [1.29, 1.82) is 0 Å². The molecular weight excluding hydrogens is 214 g/mol. The van der Waals surface area contributed by atoms with Crippen molar-refractivity contribution in [2.45, 2.75) is 20.0 Å². The van der Waals surface area contributed by atoms with Crippen LogP contribution in [0, 0.1) is 5.92 Å². The van der Waals surface area contributed by atoms with Crippen molar-refractivity contribution in [2.75, 3.05) is 18.2 Å². The maximum absolute atomic E-state index is 11.1. The number of aliphatic hydroxyl groups excluding tert-OH is 1. The summed E-state index contributed by atoms with van der Waals surface area (Å²) in [6.45, 7) is 3.69. The highest BCUT2D eigenvalue weighted by molar-refractivity contribution is 7.89. The van der Waals surface area contributed by atoms with Gasteiger partial charge in [-0.3, -0.25) is 0 Å². The van der Waals surface area contributed by atoms with E-state index >= 15 is 0 Å². The van der Waals surface area contributed by atoms with Crippen LogP contribution in [-0.4, -0.2) is 37.8 Å². The molecule has 0 radical (unpaired) electrons. The predicted octanol–water partition coefficient (Wildman–Crippen LogP) is 0.162. The van der Waals surface area contributed by atoms with E-state index < -0.39 is 16.1 Å². The molecule has 0 fully saturated rings. The monoisotopic (exact) mass is 229 g/mol. The highest BCUT2D eigenvalue weighted by Crippen LogP contribution is 1.99. The Balaban J connectivity index is 3.88. The van der Waals surface area contributed by atoms with Crippen molar-refractivity contribution in [3.8, 4) is 0 Å². The SMILES string of the molecule is CC(C)C(O)CNS(=O)(=O)CCCl. The van der Waals surface area contributed by atoms with Gasteiger partial charge in [0.1, 0.15) is 0 Å². The summed E-state index contributed by atoms with van der Waals surface area (Å²) in [6, 6.07) is 0. The molecule has 0 aromatic heterocycles. The van der Waals surface area contributed by atoms with Gasteiger partial charge in [0, 0.05) is 12.4 Å². The van der Waals surface area contributed by atoms with E-state index in [1.54, 1.807) is 0 Å². The van der Waals surface area contributed by atoms with Crippen LogP contribution in [-0.2, 0) is 10.0 Å². The van der Waals surface area contributed by atoms with Crippen molar-refractivity contribution >= 4 is 21.6 Å². The summed E-state index contributed by atoms with van der Waals surface area (Å²) in [7, 11) is -3.30.